The van der Waals surface area contributed by atoms with Gasteiger partial charge in [0, 0.05) is 32.2 Å². The maximum Gasteiger partial charge on any atom is 0.0920 e. The highest BCUT2D eigenvalue weighted by Crippen LogP contribution is 2.01. The average molecular weight is 201 g/mol. The minimum absolute atomic E-state index is 0.258. The Labute approximate surface area is 86.9 Å². The summed E-state index contributed by atoms with van der Waals surface area (Å²) in [6.45, 7) is 6.68. The summed E-state index contributed by atoms with van der Waals surface area (Å²) in [6, 6.07) is 0.342. The van der Waals surface area contributed by atoms with Crippen LogP contribution in [0.25, 0.3) is 0 Å². The van der Waals surface area contributed by atoms with Crippen molar-refractivity contribution in [3.63, 3.8) is 0 Å². The summed E-state index contributed by atoms with van der Waals surface area (Å²) < 4.78 is 5.25. The van der Waals surface area contributed by atoms with E-state index in [-0.39, 0.29) is 5.84 Å². The quantitative estimate of drug-likeness (QED) is 0.351. The predicted molar refractivity (Wildman–Crippen MR) is 59.7 cm³/mol. The number of hydrogen-bond donors (Lipinski definition) is 2. The van der Waals surface area contributed by atoms with Crippen molar-refractivity contribution >= 4 is 5.84 Å². The van der Waals surface area contributed by atoms with Crippen LogP contribution in [0, 0.1) is 5.41 Å². The number of ether oxygens (including phenoxy) is 1. The Morgan fingerprint density at radius 1 is 1.57 bits per heavy atom. The van der Waals surface area contributed by atoms with E-state index < -0.39 is 0 Å². The molecule has 0 radical (unpaired) electrons. The van der Waals surface area contributed by atoms with Crippen LogP contribution in [0.2, 0.25) is 0 Å². The van der Waals surface area contributed by atoms with Crippen LogP contribution in [0.3, 0.4) is 0 Å². The van der Waals surface area contributed by atoms with Crippen molar-refractivity contribution in [2.24, 2.45) is 5.73 Å². The van der Waals surface area contributed by atoms with Crippen LogP contribution in [0.1, 0.15) is 26.7 Å². The van der Waals surface area contributed by atoms with E-state index in [0.717, 1.165) is 26.2 Å². The minimum Gasteiger partial charge on any atom is -0.388 e. The SMILES string of the molecule is CCOCCCN(C)C(C)CC(=N)N. The second kappa shape index (κ2) is 7.76. The predicted octanol–water partition coefficient (Wildman–Crippen LogP) is 1.06. The molecule has 0 heterocycles. The van der Waals surface area contributed by atoms with E-state index in [0.29, 0.717) is 12.5 Å². The molecular weight excluding hydrogens is 178 g/mol. The van der Waals surface area contributed by atoms with Gasteiger partial charge in [-0.2, -0.15) is 0 Å². The Morgan fingerprint density at radius 3 is 2.71 bits per heavy atom. The van der Waals surface area contributed by atoms with Crippen molar-refractivity contribution in [2.75, 3.05) is 26.8 Å². The van der Waals surface area contributed by atoms with Crippen molar-refractivity contribution in [3.8, 4) is 0 Å². The second-order valence-electron chi connectivity index (χ2n) is 3.61. The highest BCUT2D eigenvalue weighted by Gasteiger charge is 2.09. The fourth-order valence-corrected chi connectivity index (χ4v) is 1.25. The first-order valence-corrected chi connectivity index (χ1v) is 5.18. The maximum absolute atomic E-state index is 7.19. The molecular formula is C10H23N3O. The zero-order valence-corrected chi connectivity index (χ0v) is 9.55. The molecule has 84 valence electrons. The number of amidine groups is 1. The average Bonchev–Trinajstić information content (AvgIpc) is 2.11. The Morgan fingerprint density at radius 2 is 2.21 bits per heavy atom. The van der Waals surface area contributed by atoms with Crippen LogP contribution in [0.5, 0.6) is 0 Å². The van der Waals surface area contributed by atoms with Gasteiger partial charge in [-0.3, -0.25) is 5.41 Å². The summed E-state index contributed by atoms with van der Waals surface area (Å²) in [4.78, 5) is 2.21. The number of nitrogens with zero attached hydrogens (tertiary/aromatic N) is 1. The van der Waals surface area contributed by atoms with E-state index in [4.69, 9.17) is 15.9 Å². The molecule has 0 aromatic carbocycles. The van der Waals surface area contributed by atoms with E-state index in [1.807, 2.05) is 6.92 Å². The molecule has 0 rings (SSSR count). The minimum atomic E-state index is 0.258. The van der Waals surface area contributed by atoms with E-state index >= 15 is 0 Å². The largest absolute Gasteiger partial charge is 0.388 e. The third-order valence-electron chi connectivity index (χ3n) is 2.27. The molecule has 0 aliphatic rings. The molecule has 0 amide bonds. The molecule has 0 aliphatic heterocycles. The molecule has 3 N–H and O–H groups in total. The lowest BCUT2D eigenvalue weighted by Crippen LogP contribution is -2.34. The fraction of sp³-hybridized carbons (Fsp3) is 0.900. The third kappa shape index (κ3) is 6.86. The van der Waals surface area contributed by atoms with Gasteiger partial charge in [-0.05, 0) is 27.3 Å². The first-order valence-electron chi connectivity index (χ1n) is 5.18. The number of hydrogen-bond acceptors (Lipinski definition) is 3. The molecule has 1 atom stereocenters. The summed E-state index contributed by atoms with van der Waals surface area (Å²) >= 11 is 0. The van der Waals surface area contributed by atoms with Crippen LogP contribution >= 0.6 is 0 Å². The lowest BCUT2D eigenvalue weighted by Gasteiger charge is -2.23. The van der Waals surface area contributed by atoms with Gasteiger partial charge in [0.15, 0.2) is 0 Å². The second-order valence-corrected chi connectivity index (χ2v) is 3.61. The Balaban J connectivity index is 3.51. The van der Waals surface area contributed by atoms with Crippen LogP contribution < -0.4 is 5.73 Å². The van der Waals surface area contributed by atoms with Crippen molar-refractivity contribution in [2.45, 2.75) is 32.7 Å². The highest BCUT2D eigenvalue weighted by atomic mass is 16.5. The Kier molecular flexibility index (Phi) is 7.42. The maximum atomic E-state index is 7.19. The Hall–Kier alpha value is -0.610. The van der Waals surface area contributed by atoms with E-state index in [1.165, 1.54) is 0 Å². The third-order valence-corrected chi connectivity index (χ3v) is 2.27. The van der Waals surface area contributed by atoms with Crippen molar-refractivity contribution < 1.29 is 4.74 Å². The van der Waals surface area contributed by atoms with Gasteiger partial charge in [0.1, 0.15) is 0 Å². The molecule has 0 saturated heterocycles. The lowest BCUT2D eigenvalue weighted by molar-refractivity contribution is 0.130. The van der Waals surface area contributed by atoms with Gasteiger partial charge in [0.05, 0.1) is 5.84 Å². The smallest absolute Gasteiger partial charge is 0.0920 e. The summed E-state index contributed by atoms with van der Waals surface area (Å²) in [6.07, 6.45) is 1.68. The summed E-state index contributed by atoms with van der Waals surface area (Å²) in [5.74, 6) is 0.258. The number of rotatable bonds is 8. The summed E-state index contributed by atoms with van der Waals surface area (Å²) in [5.41, 5.74) is 5.34. The number of nitrogens with one attached hydrogen (secondary N) is 1. The van der Waals surface area contributed by atoms with Gasteiger partial charge >= 0.3 is 0 Å². The van der Waals surface area contributed by atoms with Crippen molar-refractivity contribution in [1.82, 2.24) is 4.90 Å². The molecule has 0 bridgehead atoms. The standard InChI is InChI=1S/C10H23N3O/c1-4-14-7-5-6-13(3)9(2)8-10(11)12/h9H,4-8H2,1-3H3,(H3,11,12). The van der Waals surface area contributed by atoms with Gasteiger partial charge < -0.3 is 15.4 Å². The topological polar surface area (TPSA) is 62.3 Å². The first-order chi connectivity index (χ1) is 6.57. The number of nitrogens with two attached hydrogens (primary N) is 1. The zero-order chi connectivity index (χ0) is 11.0. The van der Waals surface area contributed by atoms with E-state index in [2.05, 4.69) is 18.9 Å². The summed E-state index contributed by atoms with van der Waals surface area (Å²) in [7, 11) is 2.06. The van der Waals surface area contributed by atoms with Crippen LogP contribution in [-0.2, 0) is 4.74 Å². The zero-order valence-electron chi connectivity index (χ0n) is 9.55. The van der Waals surface area contributed by atoms with Crippen LogP contribution in [0.15, 0.2) is 0 Å². The molecule has 4 nitrogen and oxygen atoms in total. The van der Waals surface area contributed by atoms with Crippen molar-refractivity contribution in [1.29, 1.82) is 5.41 Å². The summed E-state index contributed by atoms with van der Waals surface area (Å²) in [5, 5.41) is 7.19. The first kappa shape index (κ1) is 13.4. The van der Waals surface area contributed by atoms with Gasteiger partial charge in [-0.1, -0.05) is 0 Å². The monoisotopic (exact) mass is 201 g/mol. The molecule has 4 heteroatoms. The molecule has 0 aliphatic carbocycles. The molecule has 0 aromatic rings. The van der Waals surface area contributed by atoms with Crippen molar-refractivity contribution in [3.05, 3.63) is 0 Å². The van der Waals surface area contributed by atoms with E-state index in [1.54, 1.807) is 0 Å². The molecule has 14 heavy (non-hydrogen) atoms. The van der Waals surface area contributed by atoms with Crippen LogP contribution in [-0.4, -0.2) is 43.6 Å². The van der Waals surface area contributed by atoms with Crippen LogP contribution in [0.4, 0.5) is 0 Å². The molecule has 1 unspecified atom stereocenters. The molecule has 0 fully saturated rings. The Bertz CT molecular complexity index is 161. The van der Waals surface area contributed by atoms with Gasteiger partial charge in [-0.25, -0.2) is 0 Å². The molecule has 0 aromatic heterocycles. The normalized spacial score (nSPS) is 13.1. The fourth-order valence-electron chi connectivity index (χ4n) is 1.25. The van der Waals surface area contributed by atoms with Gasteiger partial charge in [0.2, 0.25) is 0 Å². The van der Waals surface area contributed by atoms with Gasteiger partial charge in [0.25, 0.3) is 0 Å². The molecule has 0 spiro atoms. The highest BCUT2D eigenvalue weighted by molar-refractivity contribution is 5.77. The van der Waals surface area contributed by atoms with E-state index in [9.17, 15) is 0 Å². The molecule has 0 saturated carbocycles. The van der Waals surface area contributed by atoms with Gasteiger partial charge in [-0.15, -0.1) is 0 Å². The lowest BCUT2D eigenvalue weighted by atomic mass is 10.2.